The summed E-state index contributed by atoms with van der Waals surface area (Å²) in [4.78, 5) is 35.1. The van der Waals surface area contributed by atoms with Crippen LogP contribution in [-0.4, -0.2) is 36.6 Å². The maximum Gasteiger partial charge on any atom is 0.408 e. The van der Waals surface area contributed by atoms with Gasteiger partial charge >= 0.3 is 12.1 Å². The molecule has 0 unspecified atom stereocenters. The zero-order valence-electron chi connectivity index (χ0n) is 12.5. The number of carbonyl (C=O) groups excluding carboxylic acids is 3. The number of hydrogen-bond donors (Lipinski definition) is 1. The lowest BCUT2D eigenvalue weighted by atomic mass is 9.97. The molecule has 1 amide bonds. The third kappa shape index (κ3) is 5.19. The minimum Gasteiger partial charge on any atom is -0.467 e. The topological polar surface area (TPSA) is 81.7 Å². The predicted octanol–water partition coefficient (Wildman–Crippen LogP) is 1.81. The number of ketones is 1. The Morgan fingerprint density at radius 3 is 2.50 bits per heavy atom. The van der Waals surface area contributed by atoms with E-state index in [1.54, 1.807) is 20.8 Å². The standard InChI is InChI=1S/C14H23NO5/c1-14(2,3)20-13(18)15-10(12(17)19-4)8-9-6-5-7-11(9)16/h9-10H,5-8H2,1-4H3,(H,15,18)/t9-,10-/m0/s1. The number of alkyl carbamates (subject to hydrolysis) is 1. The molecule has 0 aliphatic heterocycles. The van der Waals surface area contributed by atoms with E-state index in [1.807, 2.05) is 0 Å². The van der Waals surface area contributed by atoms with E-state index < -0.39 is 23.7 Å². The summed E-state index contributed by atoms with van der Waals surface area (Å²) < 4.78 is 9.78. The second-order valence-electron chi connectivity index (χ2n) is 6.01. The van der Waals surface area contributed by atoms with E-state index in [0.717, 1.165) is 12.8 Å². The minimum atomic E-state index is -0.845. The fourth-order valence-electron chi connectivity index (χ4n) is 2.23. The highest BCUT2D eigenvalue weighted by Crippen LogP contribution is 2.25. The van der Waals surface area contributed by atoms with Crippen molar-refractivity contribution in [3.8, 4) is 0 Å². The van der Waals surface area contributed by atoms with Gasteiger partial charge in [-0.25, -0.2) is 9.59 Å². The van der Waals surface area contributed by atoms with Crippen molar-refractivity contribution in [2.24, 2.45) is 5.92 Å². The number of carbonyl (C=O) groups is 3. The van der Waals surface area contributed by atoms with Gasteiger partial charge in [0.1, 0.15) is 17.4 Å². The Bertz CT molecular complexity index is 386. The third-order valence-corrected chi connectivity index (χ3v) is 3.13. The van der Waals surface area contributed by atoms with Crippen molar-refractivity contribution < 1.29 is 23.9 Å². The van der Waals surface area contributed by atoms with Crippen LogP contribution in [0.4, 0.5) is 4.79 Å². The van der Waals surface area contributed by atoms with Gasteiger partial charge in [0.25, 0.3) is 0 Å². The summed E-state index contributed by atoms with van der Waals surface area (Å²) in [6.45, 7) is 5.21. The molecule has 0 heterocycles. The predicted molar refractivity (Wildman–Crippen MR) is 72.1 cm³/mol. The van der Waals surface area contributed by atoms with Crippen molar-refractivity contribution >= 4 is 17.8 Å². The van der Waals surface area contributed by atoms with Gasteiger partial charge < -0.3 is 14.8 Å². The molecular formula is C14H23NO5. The monoisotopic (exact) mass is 285 g/mol. The molecule has 0 aromatic heterocycles. The van der Waals surface area contributed by atoms with E-state index in [9.17, 15) is 14.4 Å². The fourth-order valence-corrected chi connectivity index (χ4v) is 2.23. The van der Waals surface area contributed by atoms with E-state index in [0.29, 0.717) is 6.42 Å². The minimum absolute atomic E-state index is 0.143. The van der Waals surface area contributed by atoms with Crippen molar-refractivity contribution in [1.29, 1.82) is 0 Å². The number of ether oxygens (including phenoxy) is 2. The van der Waals surface area contributed by atoms with Gasteiger partial charge in [0.05, 0.1) is 7.11 Å². The number of amides is 1. The summed E-state index contributed by atoms with van der Waals surface area (Å²) in [5.74, 6) is -0.602. The Balaban J connectivity index is 2.62. The van der Waals surface area contributed by atoms with Crippen molar-refractivity contribution in [1.82, 2.24) is 5.32 Å². The van der Waals surface area contributed by atoms with Crippen LogP contribution < -0.4 is 5.32 Å². The lowest BCUT2D eigenvalue weighted by Crippen LogP contribution is -2.45. The molecule has 1 rings (SSSR count). The van der Waals surface area contributed by atoms with Crippen molar-refractivity contribution in [2.75, 3.05) is 7.11 Å². The molecule has 1 fully saturated rings. The molecule has 0 aromatic rings. The molecule has 1 aliphatic rings. The second kappa shape index (κ2) is 6.72. The first-order valence-electron chi connectivity index (χ1n) is 6.83. The molecule has 20 heavy (non-hydrogen) atoms. The van der Waals surface area contributed by atoms with Crippen LogP contribution in [0.1, 0.15) is 46.5 Å². The first-order chi connectivity index (χ1) is 9.23. The van der Waals surface area contributed by atoms with Gasteiger partial charge in [-0.1, -0.05) is 0 Å². The molecule has 1 aliphatic carbocycles. The molecule has 114 valence electrons. The van der Waals surface area contributed by atoms with Crippen molar-refractivity contribution in [2.45, 2.75) is 58.1 Å². The van der Waals surface area contributed by atoms with Gasteiger partial charge in [-0.05, 0) is 40.0 Å². The summed E-state index contributed by atoms with van der Waals surface area (Å²) >= 11 is 0. The molecule has 1 N–H and O–H groups in total. The van der Waals surface area contributed by atoms with Crippen LogP contribution in [-0.2, 0) is 19.1 Å². The second-order valence-corrected chi connectivity index (χ2v) is 6.01. The first kappa shape index (κ1) is 16.5. The Morgan fingerprint density at radius 1 is 1.40 bits per heavy atom. The summed E-state index contributed by atoms with van der Waals surface area (Å²) in [7, 11) is 1.25. The van der Waals surface area contributed by atoms with E-state index >= 15 is 0 Å². The molecule has 0 aromatic carbocycles. The van der Waals surface area contributed by atoms with Gasteiger partial charge in [0.2, 0.25) is 0 Å². The average molecular weight is 285 g/mol. The highest BCUT2D eigenvalue weighted by Gasteiger charge is 2.32. The first-order valence-corrected chi connectivity index (χ1v) is 6.83. The molecule has 2 atom stereocenters. The largest absolute Gasteiger partial charge is 0.467 e. The SMILES string of the molecule is COC(=O)[C@H](C[C@@H]1CCCC1=O)NC(=O)OC(C)(C)C. The van der Waals surface area contributed by atoms with Crippen LogP contribution in [0, 0.1) is 5.92 Å². The van der Waals surface area contributed by atoms with Crippen LogP contribution in [0.5, 0.6) is 0 Å². The maximum absolute atomic E-state index is 11.7. The average Bonchev–Trinajstić information content (AvgIpc) is 2.70. The summed E-state index contributed by atoms with van der Waals surface area (Å²) in [6.07, 6.45) is 1.72. The number of rotatable bonds is 4. The van der Waals surface area contributed by atoms with Gasteiger partial charge in [-0.15, -0.1) is 0 Å². The molecular weight excluding hydrogens is 262 g/mol. The van der Waals surface area contributed by atoms with Gasteiger partial charge in [0, 0.05) is 12.3 Å². The Labute approximate surface area is 119 Å². The smallest absolute Gasteiger partial charge is 0.408 e. The van der Waals surface area contributed by atoms with E-state index in [2.05, 4.69) is 10.1 Å². The zero-order chi connectivity index (χ0) is 15.3. The highest BCUT2D eigenvalue weighted by atomic mass is 16.6. The van der Waals surface area contributed by atoms with Gasteiger partial charge in [0.15, 0.2) is 0 Å². The van der Waals surface area contributed by atoms with Crippen LogP contribution in [0.15, 0.2) is 0 Å². The molecule has 0 radical (unpaired) electrons. The molecule has 0 spiro atoms. The van der Waals surface area contributed by atoms with Crippen LogP contribution in [0.3, 0.4) is 0 Å². The number of Topliss-reactive ketones (excluding diaryl/α,β-unsaturated/α-hetero) is 1. The van der Waals surface area contributed by atoms with Crippen LogP contribution >= 0.6 is 0 Å². The van der Waals surface area contributed by atoms with E-state index in [1.165, 1.54) is 7.11 Å². The number of hydrogen-bond acceptors (Lipinski definition) is 5. The number of methoxy groups -OCH3 is 1. The number of esters is 1. The molecule has 0 bridgehead atoms. The maximum atomic E-state index is 11.7. The quantitative estimate of drug-likeness (QED) is 0.797. The van der Waals surface area contributed by atoms with E-state index in [-0.39, 0.29) is 18.1 Å². The summed E-state index contributed by atoms with van der Waals surface area (Å²) in [5.41, 5.74) is -0.645. The van der Waals surface area contributed by atoms with Crippen LogP contribution in [0.25, 0.3) is 0 Å². The molecule has 0 saturated heterocycles. The number of nitrogens with one attached hydrogen (secondary N) is 1. The normalized spacial score (nSPS) is 20.4. The lowest BCUT2D eigenvalue weighted by Gasteiger charge is -2.23. The molecule has 1 saturated carbocycles. The molecule has 6 heteroatoms. The third-order valence-electron chi connectivity index (χ3n) is 3.13. The highest BCUT2D eigenvalue weighted by molar-refractivity contribution is 5.85. The van der Waals surface area contributed by atoms with Crippen LogP contribution in [0.2, 0.25) is 0 Å². The van der Waals surface area contributed by atoms with E-state index in [4.69, 9.17) is 4.74 Å². The van der Waals surface area contributed by atoms with Crippen molar-refractivity contribution in [3.63, 3.8) is 0 Å². The fraction of sp³-hybridized carbons (Fsp3) is 0.786. The van der Waals surface area contributed by atoms with Crippen molar-refractivity contribution in [3.05, 3.63) is 0 Å². The Morgan fingerprint density at radius 2 is 2.05 bits per heavy atom. The molecule has 6 nitrogen and oxygen atoms in total. The summed E-state index contributed by atoms with van der Waals surface area (Å²) in [6, 6.07) is -0.845. The Hall–Kier alpha value is -1.59. The van der Waals surface area contributed by atoms with Gasteiger partial charge in [-0.3, -0.25) is 4.79 Å². The Kier molecular flexibility index (Phi) is 5.53. The zero-order valence-corrected chi connectivity index (χ0v) is 12.5. The summed E-state index contributed by atoms with van der Waals surface area (Å²) in [5, 5.41) is 2.48. The lowest BCUT2D eigenvalue weighted by molar-refractivity contribution is -0.143. The van der Waals surface area contributed by atoms with Gasteiger partial charge in [-0.2, -0.15) is 0 Å².